The summed E-state index contributed by atoms with van der Waals surface area (Å²) in [7, 11) is 1.73. The van der Waals surface area contributed by atoms with E-state index in [1.165, 1.54) is 5.56 Å². The first-order valence-electron chi connectivity index (χ1n) is 9.06. The van der Waals surface area contributed by atoms with E-state index in [4.69, 9.17) is 4.74 Å². The van der Waals surface area contributed by atoms with Crippen LogP contribution in [0.1, 0.15) is 24.0 Å². The number of aryl methyl sites for hydroxylation is 1. The van der Waals surface area contributed by atoms with E-state index >= 15 is 0 Å². The van der Waals surface area contributed by atoms with Crippen LogP contribution in [0.4, 0.5) is 5.69 Å². The summed E-state index contributed by atoms with van der Waals surface area (Å²) in [5.41, 5.74) is 2.90. The first kappa shape index (κ1) is 23.5. The first-order chi connectivity index (χ1) is 13.1. The fourth-order valence-corrected chi connectivity index (χ4v) is 2.41. The standard InChI is InChI=1S/C21H27N3O3.ClH/c1-16-5-11-19(12-6-16)27-13-3-4-20(25)24-18-9-7-17(8-10-18)14-23-21(26)15-22-2;/h5-12,22H,3-4,13-15H2,1-2H3,(H,23,26)(H,24,25);1H. The van der Waals surface area contributed by atoms with Gasteiger partial charge in [-0.25, -0.2) is 0 Å². The van der Waals surface area contributed by atoms with Crippen LogP contribution in [0.15, 0.2) is 48.5 Å². The minimum absolute atomic E-state index is 0. The smallest absolute Gasteiger partial charge is 0.234 e. The molecule has 0 aromatic heterocycles. The molecule has 0 aliphatic carbocycles. The highest BCUT2D eigenvalue weighted by Gasteiger charge is 2.04. The lowest BCUT2D eigenvalue weighted by Gasteiger charge is -2.09. The van der Waals surface area contributed by atoms with E-state index < -0.39 is 0 Å². The highest BCUT2D eigenvalue weighted by molar-refractivity contribution is 5.90. The van der Waals surface area contributed by atoms with E-state index in [2.05, 4.69) is 16.0 Å². The average molecular weight is 406 g/mol. The van der Waals surface area contributed by atoms with Crippen LogP contribution >= 0.6 is 12.4 Å². The van der Waals surface area contributed by atoms with Crippen molar-refractivity contribution < 1.29 is 14.3 Å². The van der Waals surface area contributed by atoms with Crippen LogP contribution in [0.25, 0.3) is 0 Å². The largest absolute Gasteiger partial charge is 0.494 e. The third-order valence-corrected chi connectivity index (χ3v) is 3.90. The van der Waals surface area contributed by atoms with Crippen LogP contribution in [0.5, 0.6) is 5.75 Å². The Kier molecular flexibility index (Phi) is 10.7. The molecule has 0 bridgehead atoms. The van der Waals surface area contributed by atoms with Gasteiger partial charge < -0.3 is 20.7 Å². The predicted molar refractivity (Wildman–Crippen MR) is 114 cm³/mol. The molecule has 0 heterocycles. The number of benzene rings is 2. The maximum atomic E-state index is 12.0. The maximum absolute atomic E-state index is 12.0. The quantitative estimate of drug-likeness (QED) is 0.531. The molecule has 2 amide bonds. The zero-order valence-corrected chi connectivity index (χ0v) is 17.1. The number of hydrogen-bond donors (Lipinski definition) is 3. The summed E-state index contributed by atoms with van der Waals surface area (Å²) >= 11 is 0. The van der Waals surface area contributed by atoms with Crippen molar-refractivity contribution in [2.24, 2.45) is 0 Å². The number of likely N-dealkylation sites (N-methyl/N-ethyl adjacent to an activating group) is 1. The second-order valence-corrected chi connectivity index (χ2v) is 6.32. The van der Waals surface area contributed by atoms with Crippen LogP contribution < -0.4 is 20.7 Å². The molecule has 7 heteroatoms. The number of carbonyl (C=O) groups excluding carboxylic acids is 2. The highest BCUT2D eigenvalue weighted by atomic mass is 35.5. The molecule has 2 aromatic rings. The minimum Gasteiger partial charge on any atom is -0.494 e. The van der Waals surface area contributed by atoms with Gasteiger partial charge in [-0.2, -0.15) is 0 Å². The van der Waals surface area contributed by atoms with Crippen LogP contribution in [-0.2, 0) is 16.1 Å². The second kappa shape index (κ2) is 12.8. The molecule has 2 aromatic carbocycles. The molecule has 0 saturated heterocycles. The number of amides is 2. The molecule has 0 spiro atoms. The van der Waals surface area contributed by atoms with E-state index in [0.29, 0.717) is 32.5 Å². The van der Waals surface area contributed by atoms with Crippen molar-refractivity contribution in [1.29, 1.82) is 0 Å². The van der Waals surface area contributed by atoms with Gasteiger partial charge in [0.15, 0.2) is 0 Å². The molecular formula is C21H28ClN3O3. The zero-order chi connectivity index (χ0) is 19.5. The molecule has 0 aliphatic rings. The predicted octanol–water partition coefficient (Wildman–Crippen LogP) is 3.05. The molecule has 3 N–H and O–H groups in total. The van der Waals surface area contributed by atoms with Gasteiger partial charge in [-0.05, 0) is 50.2 Å². The fourth-order valence-electron chi connectivity index (χ4n) is 2.41. The van der Waals surface area contributed by atoms with Gasteiger partial charge in [0.1, 0.15) is 5.75 Å². The summed E-state index contributed by atoms with van der Waals surface area (Å²) < 4.78 is 5.62. The van der Waals surface area contributed by atoms with Crippen molar-refractivity contribution in [3.05, 3.63) is 59.7 Å². The molecule has 6 nitrogen and oxygen atoms in total. The Balaban J connectivity index is 0.00000392. The van der Waals surface area contributed by atoms with Gasteiger partial charge in [0.25, 0.3) is 0 Å². The molecular weight excluding hydrogens is 378 g/mol. The van der Waals surface area contributed by atoms with Gasteiger partial charge in [-0.15, -0.1) is 12.4 Å². The average Bonchev–Trinajstić information content (AvgIpc) is 2.66. The molecule has 0 saturated carbocycles. The van der Waals surface area contributed by atoms with E-state index in [9.17, 15) is 9.59 Å². The van der Waals surface area contributed by atoms with E-state index in [1.54, 1.807) is 7.05 Å². The summed E-state index contributed by atoms with van der Waals surface area (Å²) in [6, 6.07) is 15.3. The number of rotatable bonds is 10. The Bertz CT molecular complexity index is 734. The van der Waals surface area contributed by atoms with Crippen molar-refractivity contribution in [2.75, 3.05) is 25.5 Å². The van der Waals surface area contributed by atoms with Crippen LogP contribution in [0.2, 0.25) is 0 Å². The lowest BCUT2D eigenvalue weighted by molar-refractivity contribution is -0.120. The summed E-state index contributed by atoms with van der Waals surface area (Å²) in [5.74, 6) is 0.721. The van der Waals surface area contributed by atoms with Crippen LogP contribution in [-0.4, -0.2) is 32.0 Å². The third kappa shape index (κ3) is 8.88. The first-order valence-corrected chi connectivity index (χ1v) is 9.06. The van der Waals surface area contributed by atoms with Gasteiger partial charge in [-0.3, -0.25) is 9.59 Å². The second-order valence-electron chi connectivity index (χ2n) is 6.32. The Morgan fingerprint density at radius 1 is 0.964 bits per heavy atom. The molecule has 0 atom stereocenters. The van der Waals surface area contributed by atoms with Crippen molar-refractivity contribution in [3.63, 3.8) is 0 Å². The molecule has 0 radical (unpaired) electrons. The van der Waals surface area contributed by atoms with Gasteiger partial charge in [0.2, 0.25) is 11.8 Å². The molecule has 0 unspecified atom stereocenters. The van der Waals surface area contributed by atoms with E-state index in [1.807, 2.05) is 55.5 Å². The SMILES string of the molecule is CNCC(=O)NCc1ccc(NC(=O)CCCOc2ccc(C)cc2)cc1.Cl. The number of hydrogen-bond acceptors (Lipinski definition) is 4. The summed E-state index contributed by atoms with van der Waals surface area (Å²) in [4.78, 5) is 23.4. The number of ether oxygens (including phenoxy) is 1. The number of carbonyl (C=O) groups is 2. The third-order valence-electron chi connectivity index (χ3n) is 3.90. The zero-order valence-electron chi connectivity index (χ0n) is 16.3. The molecule has 0 aliphatic heterocycles. The van der Waals surface area contributed by atoms with Crippen LogP contribution in [0, 0.1) is 6.92 Å². The lowest BCUT2D eigenvalue weighted by atomic mass is 10.2. The van der Waals surface area contributed by atoms with Gasteiger partial charge in [0, 0.05) is 18.7 Å². The number of anilines is 1. The van der Waals surface area contributed by atoms with Crippen LogP contribution in [0.3, 0.4) is 0 Å². The monoisotopic (exact) mass is 405 g/mol. The minimum atomic E-state index is -0.0530. The van der Waals surface area contributed by atoms with Crippen molar-refractivity contribution in [1.82, 2.24) is 10.6 Å². The number of nitrogens with one attached hydrogen (secondary N) is 3. The topological polar surface area (TPSA) is 79.5 Å². The van der Waals surface area contributed by atoms with Gasteiger partial charge >= 0.3 is 0 Å². The molecule has 2 rings (SSSR count). The Labute approximate surface area is 172 Å². The normalized spacial score (nSPS) is 9.93. The summed E-state index contributed by atoms with van der Waals surface area (Å²) in [6.07, 6.45) is 1.04. The Morgan fingerprint density at radius 3 is 2.29 bits per heavy atom. The van der Waals surface area contributed by atoms with E-state index in [0.717, 1.165) is 17.0 Å². The molecule has 0 fully saturated rings. The lowest BCUT2D eigenvalue weighted by Crippen LogP contribution is -2.31. The highest BCUT2D eigenvalue weighted by Crippen LogP contribution is 2.13. The van der Waals surface area contributed by atoms with Gasteiger partial charge in [0.05, 0.1) is 13.2 Å². The van der Waals surface area contributed by atoms with Gasteiger partial charge in [-0.1, -0.05) is 29.8 Å². The molecule has 152 valence electrons. The summed E-state index contributed by atoms with van der Waals surface area (Å²) in [5, 5.41) is 8.48. The fraction of sp³-hybridized carbons (Fsp3) is 0.333. The van der Waals surface area contributed by atoms with E-state index in [-0.39, 0.29) is 24.2 Å². The molecule has 28 heavy (non-hydrogen) atoms. The van der Waals surface area contributed by atoms with Crippen molar-refractivity contribution in [3.8, 4) is 5.75 Å². The van der Waals surface area contributed by atoms with Crippen molar-refractivity contribution in [2.45, 2.75) is 26.3 Å². The summed E-state index contributed by atoms with van der Waals surface area (Å²) in [6.45, 7) is 3.29. The Morgan fingerprint density at radius 2 is 1.64 bits per heavy atom. The van der Waals surface area contributed by atoms with Crippen molar-refractivity contribution >= 4 is 29.9 Å². The maximum Gasteiger partial charge on any atom is 0.234 e. The number of halogens is 1. The Hall–Kier alpha value is -2.57.